The van der Waals surface area contributed by atoms with Gasteiger partial charge in [-0.2, -0.15) is 11.1 Å². The molecular weight excluding hydrogens is 295 g/mol. The van der Waals surface area contributed by atoms with Crippen LogP contribution in [0.15, 0.2) is 30.3 Å². The van der Waals surface area contributed by atoms with Crippen LogP contribution in [0.2, 0.25) is 26.2 Å². The van der Waals surface area contributed by atoms with Crippen molar-refractivity contribution in [3.05, 3.63) is 30.3 Å². The van der Waals surface area contributed by atoms with Gasteiger partial charge in [-0.15, -0.1) is 23.2 Å². The minimum Gasteiger partial charge on any atom is -0.165 e. The molecule has 0 saturated carbocycles. The molecule has 0 atom stereocenters. The molecule has 0 radical (unpaired) electrons. The smallest absolute Gasteiger partial charge is 0.165 e. The monoisotopic (exact) mass is 310 g/mol. The number of alkyl halides is 2. The molecule has 1 aromatic carbocycles. The third-order valence-electron chi connectivity index (χ3n) is 3.03. The van der Waals surface area contributed by atoms with Crippen molar-refractivity contribution in [3.8, 4) is 0 Å². The second-order valence-corrected chi connectivity index (χ2v) is 19.2. The van der Waals surface area contributed by atoms with E-state index in [2.05, 4.69) is 25.2 Å². The Morgan fingerprint density at radius 2 is 1.38 bits per heavy atom. The summed E-state index contributed by atoms with van der Waals surface area (Å²) in [4.78, 5) is 0. The fraction of sp³-hybridized carbons (Fsp3) is 0.455. The molecule has 0 aliphatic carbocycles. The fourth-order valence-electron chi connectivity index (χ4n) is 1.78. The van der Waals surface area contributed by atoms with Gasteiger partial charge in [0.2, 0.25) is 0 Å². The van der Waals surface area contributed by atoms with Crippen molar-refractivity contribution in [1.82, 2.24) is 0 Å². The van der Waals surface area contributed by atoms with Crippen LogP contribution in [0, 0.1) is 0 Å². The van der Waals surface area contributed by atoms with E-state index in [1.54, 1.807) is 0 Å². The summed E-state index contributed by atoms with van der Waals surface area (Å²) in [5.41, 5.74) is 0. The molecule has 0 spiro atoms. The maximum atomic E-state index is 6.60. The van der Waals surface area contributed by atoms with Gasteiger partial charge in [-0.3, -0.25) is 0 Å². The van der Waals surface area contributed by atoms with Gasteiger partial charge in [0, 0.05) is 0 Å². The Kier molecular flexibility index (Phi) is 4.24. The molecule has 0 aliphatic heterocycles. The molecule has 0 unspecified atom stereocenters. The minimum atomic E-state index is -2.14. The molecule has 90 valence electrons. The van der Waals surface area contributed by atoms with Crippen LogP contribution < -0.4 is 5.19 Å². The van der Waals surface area contributed by atoms with Crippen LogP contribution in [0.4, 0.5) is 0 Å². The Balaban J connectivity index is 3.22. The van der Waals surface area contributed by atoms with Crippen LogP contribution in [-0.2, 0) is 0 Å². The van der Waals surface area contributed by atoms with Crippen LogP contribution in [0.5, 0.6) is 0 Å². The summed E-state index contributed by atoms with van der Waals surface area (Å²) >= 11 is 19.7. The maximum Gasteiger partial charge on any atom is 0.185 e. The second-order valence-electron chi connectivity index (χ2n) is 5.04. The molecule has 0 saturated heterocycles. The van der Waals surface area contributed by atoms with Crippen molar-refractivity contribution >= 4 is 54.9 Å². The standard InChI is InChI=1S/C11H17Cl3Si2/c1-15(2,10-8-6-5-7-9-10)11(12,13)16(3,4)14/h5-9H,1-4H3. The van der Waals surface area contributed by atoms with E-state index in [1.165, 1.54) is 5.19 Å². The number of halogens is 3. The SMILES string of the molecule is C[Si](C)(Cl)C(Cl)(Cl)[Si](C)(C)c1ccccc1. The number of benzene rings is 1. The summed E-state index contributed by atoms with van der Waals surface area (Å²) in [6.45, 7) is 8.37. The quantitative estimate of drug-likeness (QED) is 0.443. The van der Waals surface area contributed by atoms with Gasteiger partial charge in [0.15, 0.2) is 7.38 Å². The third-order valence-corrected chi connectivity index (χ3v) is 19.2. The van der Waals surface area contributed by atoms with Crippen molar-refractivity contribution < 1.29 is 0 Å². The molecule has 5 heteroatoms. The van der Waals surface area contributed by atoms with E-state index in [1.807, 2.05) is 31.3 Å². The number of rotatable bonds is 3. The molecule has 0 bridgehead atoms. The van der Waals surface area contributed by atoms with E-state index < -0.39 is 19.0 Å². The predicted molar refractivity (Wildman–Crippen MR) is 81.3 cm³/mol. The first-order chi connectivity index (χ1) is 7.11. The van der Waals surface area contributed by atoms with E-state index in [4.69, 9.17) is 34.3 Å². The largest absolute Gasteiger partial charge is 0.185 e. The van der Waals surface area contributed by atoms with Crippen LogP contribution >= 0.6 is 34.3 Å². The lowest BCUT2D eigenvalue weighted by Gasteiger charge is -2.42. The highest BCUT2D eigenvalue weighted by atomic mass is 35.6. The highest BCUT2D eigenvalue weighted by Crippen LogP contribution is 2.42. The molecule has 0 amide bonds. The Morgan fingerprint density at radius 1 is 0.938 bits per heavy atom. The summed E-state index contributed by atoms with van der Waals surface area (Å²) in [6.07, 6.45) is 0. The Bertz CT molecular complexity index is 355. The molecule has 1 aromatic rings. The summed E-state index contributed by atoms with van der Waals surface area (Å²) in [7, 11) is -4.12. The van der Waals surface area contributed by atoms with Gasteiger partial charge >= 0.3 is 0 Å². The summed E-state index contributed by atoms with van der Waals surface area (Å²) in [5, 5.41) is 1.25. The highest BCUT2D eigenvalue weighted by molar-refractivity contribution is 7.35. The van der Waals surface area contributed by atoms with Crippen molar-refractivity contribution in [3.63, 3.8) is 0 Å². The van der Waals surface area contributed by atoms with Crippen molar-refractivity contribution in [2.24, 2.45) is 0 Å². The predicted octanol–water partition coefficient (Wildman–Crippen LogP) is 4.30. The van der Waals surface area contributed by atoms with E-state index in [0.29, 0.717) is 0 Å². The lowest BCUT2D eigenvalue weighted by molar-refractivity contribution is 1.42. The van der Waals surface area contributed by atoms with Crippen LogP contribution in [0.1, 0.15) is 0 Å². The molecule has 0 N–H and O–H groups in total. The van der Waals surface area contributed by atoms with Gasteiger partial charge in [0.1, 0.15) is 11.7 Å². The van der Waals surface area contributed by atoms with Gasteiger partial charge in [0.05, 0.1) is 0 Å². The first-order valence-electron chi connectivity index (χ1n) is 5.23. The average Bonchev–Trinajstić information content (AvgIpc) is 2.17. The second kappa shape index (κ2) is 4.65. The van der Waals surface area contributed by atoms with Gasteiger partial charge in [-0.25, -0.2) is 0 Å². The van der Waals surface area contributed by atoms with Gasteiger partial charge in [-0.05, 0) is 0 Å². The molecule has 0 aliphatic rings. The summed E-state index contributed by atoms with van der Waals surface area (Å²) < 4.78 is -0.775. The Morgan fingerprint density at radius 3 is 1.75 bits per heavy atom. The van der Waals surface area contributed by atoms with Crippen LogP contribution in [-0.4, -0.2) is 19.0 Å². The zero-order valence-corrected chi connectivity index (χ0v) is 14.3. The van der Waals surface area contributed by atoms with E-state index >= 15 is 0 Å². The zero-order chi connectivity index (χ0) is 12.6. The van der Waals surface area contributed by atoms with Crippen molar-refractivity contribution in [2.45, 2.75) is 29.8 Å². The van der Waals surface area contributed by atoms with E-state index in [9.17, 15) is 0 Å². The molecule has 1 rings (SSSR count). The van der Waals surface area contributed by atoms with Crippen LogP contribution in [0.3, 0.4) is 0 Å². The Labute approximate surface area is 115 Å². The molecular formula is C11H17Cl3Si2. The maximum absolute atomic E-state index is 6.60. The van der Waals surface area contributed by atoms with E-state index in [0.717, 1.165) is 0 Å². The molecule has 0 aromatic heterocycles. The third kappa shape index (κ3) is 2.51. The Hall–Kier alpha value is 0.524. The fourth-order valence-corrected chi connectivity index (χ4v) is 12.3. The van der Waals surface area contributed by atoms with Gasteiger partial charge in [0.25, 0.3) is 0 Å². The van der Waals surface area contributed by atoms with Gasteiger partial charge in [-0.1, -0.05) is 61.7 Å². The summed E-state index contributed by atoms with van der Waals surface area (Å²) in [5.74, 6) is 0. The van der Waals surface area contributed by atoms with Crippen molar-refractivity contribution in [2.75, 3.05) is 0 Å². The van der Waals surface area contributed by atoms with Gasteiger partial charge < -0.3 is 0 Å². The highest BCUT2D eigenvalue weighted by Gasteiger charge is 2.55. The number of hydrogen-bond donors (Lipinski definition) is 0. The minimum absolute atomic E-state index is 0.775. The van der Waals surface area contributed by atoms with Crippen molar-refractivity contribution in [1.29, 1.82) is 0 Å². The van der Waals surface area contributed by atoms with Crippen LogP contribution in [0.25, 0.3) is 0 Å². The van der Waals surface area contributed by atoms with E-state index in [-0.39, 0.29) is 0 Å². The zero-order valence-electron chi connectivity index (χ0n) is 10.0. The molecule has 16 heavy (non-hydrogen) atoms. The lowest BCUT2D eigenvalue weighted by atomic mass is 10.4. The number of hydrogen-bond acceptors (Lipinski definition) is 0. The lowest BCUT2D eigenvalue weighted by Crippen LogP contribution is -2.65. The summed E-state index contributed by atoms with van der Waals surface area (Å²) in [6, 6.07) is 10.3. The normalized spacial score (nSPS) is 13.9. The first-order valence-corrected chi connectivity index (χ1v) is 13.0. The first kappa shape index (κ1) is 14.6. The molecule has 0 nitrogen and oxygen atoms in total. The molecule has 0 heterocycles. The average molecular weight is 312 g/mol. The molecule has 0 fully saturated rings. The topological polar surface area (TPSA) is 0 Å².